The summed E-state index contributed by atoms with van der Waals surface area (Å²) in [6, 6.07) is 13.3. The highest BCUT2D eigenvalue weighted by Gasteiger charge is 2.17. The van der Waals surface area contributed by atoms with E-state index in [0.29, 0.717) is 11.4 Å². The van der Waals surface area contributed by atoms with Crippen LogP contribution in [0.25, 0.3) is 16.8 Å². The Morgan fingerprint density at radius 2 is 1.86 bits per heavy atom. The van der Waals surface area contributed by atoms with Gasteiger partial charge in [0.05, 0.1) is 18.0 Å². The van der Waals surface area contributed by atoms with E-state index >= 15 is 0 Å². The van der Waals surface area contributed by atoms with Gasteiger partial charge in [0, 0.05) is 18.1 Å². The van der Waals surface area contributed by atoms with Crippen LogP contribution in [0, 0.1) is 6.92 Å². The predicted molar refractivity (Wildman–Crippen MR) is 107 cm³/mol. The lowest BCUT2D eigenvalue weighted by Crippen LogP contribution is -2.20. The molecule has 0 aliphatic heterocycles. The largest absolute Gasteiger partial charge is 0.503 e. The molecule has 0 saturated heterocycles. The normalized spacial score (nSPS) is 10.9. The Bertz CT molecular complexity index is 1100. The Labute approximate surface area is 163 Å². The van der Waals surface area contributed by atoms with Crippen LogP contribution in [0.3, 0.4) is 0 Å². The Morgan fingerprint density at radius 1 is 1.14 bits per heavy atom. The number of hydrogen-bond donors (Lipinski definition) is 1. The minimum Gasteiger partial charge on any atom is -0.503 e. The van der Waals surface area contributed by atoms with Crippen LogP contribution in [0.4, 0.5) is 0 Å². The van der Waals surface area contributed by atoms with Gasteiger partial charge in [-0.1, -0.05) is 29.8 Å². The van der Waals surface area contributed by atoms with Gasteiger partial charge in [-0.05, 0) is 39.0 Å². The number of nitrogens with zero attached hydrogens (tertiary/aromatic N) is 2. The summed E-state index contributed by atoms with van der Waals surface area (Å²) >= 11 is 0. The van der Waals surface area contributed by atoms with Crippen LogP contribution in [-0.4, -0.2) is 26.8 Å². The summed E-state index contributed by atoms with van der Waals surface area (Å²) in [7, 11) is 0. The van der Waals surface area contributed by atoms with E-state index in [9.17, 15) is 14.7 Å². The van der Waals surface area contributed by atoms with E-state index in [1.807, 2.05) is 57.2 Å². The van der Waals surface area contributed by atoms with Crippen molar-refractivity contribution in [2.45, 2.75) is 33.8 Å². The van der Waals surface area contributed by atoms with Crippen LogP contribution in [-0.2, 0) is 0 Å². The number of Topliss-reactive ketones (excluding diaryl/α,β-unsaturated/α-hetero) is 1. The van der Waals surface area contributed by atoms with Crippen LogP contribution in [0.15, 0.2) is 53.5 Å². The van der Waals surface area contributed by atoms with Crippen molar-refractivity contribution >= 4 is 5.78 Å². The molecule has 0 aliphatic carbocycles. The third-order valence-corrected chi connectivity index (χ3v) is 4.17. The molecule has 1 heterocycles. The third kappa shape index (κ3) is 3.81. The summed E-state index contributed by atoms with van der Waals surface area (Å²) in [5.74, 6) is -0.325. The fraction of sp³-hybridized carbons (Fsp3) is 0.227. The Hall–Kier alpha value is -3.41. The van der Waals surface area contributed by atoms with E-state index < -0.39 is 17.0 Å². The monoisotopic (exact) mass is 378 g/mol. The van der Waals surface area contributed by atoms with Gasteiger partial charge in [0.15, 0.2) is 17.2 Å². The smallest absolute Gasteiger partial charge is 0.252 e. The average Bonchev–Trinajstić information content (AvgIpc) is 2.64. The molecule has 3 aromatic rings. The van der Waals surface area contributed by atoms with Gasteiger partial charge in [-0.3, -0.25) is 9.59 Å². The molecule has 0 atom stereocenters. The standard InChI is InChI=1S/C22H22N2O4/c1-13(2)28-20-10-9-14(3)11-17(20)16-7-5-6-8-18(16)24-12-19(26)22(27)21(23-24)15(4)25/h5-13,26H,1-4H3. The molecular formula is C22H22N2O4. The van der Waals surface area contributed by atoms with E-state index in [1.165, 1.54) is 17.8 Å². The maximum atomic E-state index is 12.0. The van der Waals surface area contributed by atoms with Crippen molar-refractivity contribution in [3.63, 3.8) is 0 Å². The summed E-state index contributed by atoms with van der Waals surface area (Å²) in [6.45, 7) is 7.14. The van der Waals surface area contributed by atoms with Crippen molar-refractivity contribution < 1.29 is 14.6 Å². The lowest BCUT2D eigenvalue weighted by molar-refractivity contribution is 0.100. The summed E-state index contributed by atoms with van der Waals surface area (Å²) in [5, 5.41) is 14.2. The topological polar surface area (TPSA) is 81.4 Å². The lowest BCUT2D eigenvalue weighted by atomic mass is 10.0. The van der Waals surface area contributed by atoms with E-state index in [-0.39, 0.29) is 11.8 Å². The number of benzene rings is 2. The molecule has 6 nitrogen and oxygen atoms in total. The zero-order valence-electron chi connectivity index (χ0n) is 16.3. The number of aryl methyl sites for hydroxylation is 1. The van der Waals surface area contributed by atoms with Gasteiger partial charge in [0.2, 0.25) is 0 Å². The number of para-hydroxylation sites is 1. The second-order valence-electron chi connectivity index (χ2n) is 6.88. The molecule has 0 spiro atoms. The molecular weight excluding hydrogens is 356 g/mol. The summed E-state index contributed by atoms with van der Waals surface area (Å²) < 4.78 is 7.32. The zero-order valence-corrected chi connectivity index (χ0v) is 16.3. The second kappa shape index (κ2) is 7.68. The van der Waals surface area contributed by atoms with Crippen LogP contribution >= 0.6 is 0 Å². The van der Waals surface area contributed by atoms with Gasteiger partial charge in [-0.25, -0.2) is 4.68 Å². The first-order chi connectivity index (χ1) is 13.3. The Morgan fingerprint density at radius 3 is 2.54 bits per heavy atom. The number of carbonyl (C=O) groups is 1. The molecule has 6 heteroatoms. The minimum atomic E-state index is -0.777. The van der Waals surface area contributed by atoms with Crippen molar-refractivity contribution in [3.05, 3.63) is 70.1 Å². The van der Waals surface area contributed by atoms with Gasteiger partial charge >= 0.3 is 0 Å². The van der Waals surface area contributed by atoms with Gasteiger partial charge in [-0.2, -0.15) is 5.10 Å². The molecule has 0 saturated carbocycles. The molecule has 144 valence electrons. The number of rotatable bonds is 5. The minimum absolute atomic E-state index is 0.00694. The maximum Gasteiger partial charge on any atom is 0.252 e. The van der Waals surface area contributed by atoms with Gasteiger partial charge in [0.1, 0.15) is 5.75 Å². The number of ether oxygens (including phenoxy) is 1. The van der Waals surface area contributed by atoms with Crippen molar-refractivity contribution in [2.75, 3.05) is 0 Å². The van der Waals surface area contributed by atoms with Crippen molar-refractivity contribution in [2.24, 2.45) is 0 Å². The van der Waals surface area contributed by atoms with Crippen molar-refractivity contribution in [3.8, 4) is 28.3 Å². The SMILES string of the molecule is CC(=O)c1nn(-c2ccccc2-c2cc(C)ccc2OC(C)C)cc(O)c1=O. The molecule has 2 aromatic carbocycles. The summed E-state index contributed by atoms with van der Waals surface area (Å²) in [6.07, 6.45) is 1.21. The molecule has 0 radical (unpaired) electrons. The number of carbonyl (C=O) groups excluding carboxylic acids is 1. The Kier molecular flexibility index (Phi) is 5.31. The quantitative estimate of drug-likeness (QED) is 0.681. The lowest BCUT2D eigenvalue weighted by Gasteiger charge is -2.18. The molecule has 0 unspecified atom stereocenters. The third-order valence-electron chi connectivity index (χ3n) is 4.17. The van der Waals surface area contributed by atoms with E-state index in [1.54, 1.807) is 6.07 Å². The van der Waals surface area contributed by atoms with Gasteiger partial charge in [0.25, 0.3) is 5.43 Å². The molecule has 1 aromatic heterocycles. The van der Waals surface area contributed by atoms with Crippen LogP contribution in [0.2, 0.25) is 0 Å². The van der Waals surface area contributed by atoms with Crippen LogP contribution < -0.4 is 10.2 Å². The van der Waals surface area contributed by atoms with Crippen LogP contribution in [0.5, 0.6) is 11.5 Å². The molecule has 0 fully saturated rings. The van der Waals surface area contributed by atoms with Gasteiger partial charge < -0.3 is 9.84 Å². The fourth-order valence-electron chi connectivity index (χ4n) is 2.94. The molecule has 28 heavy (non-hydrogen) atoms. The first-order valence-corrected chi connectivity index (χ1v) is 8.99. The van der Waals surface area contributed by atoms with E-state index in [2.05, 4.69) is 5.10 Å². The Balaban J connectivity index is 2.26. The van der Waals surface area contributed by atoms with E-state index in [0.717, 1.165) is 16.7 Å². The highest BCUT2D eigenvalue weighted by molar-refractivity contribution is 5.92. The highest BCUT2D eigenvalue weighted by atomic mass is 16.5. The highest BCUT2D eigenvalue weighted by Crippen LogP contribution is 2.35. The van der Waals surface area contributed by atoms with Gasteiger partial charge in [-0.15, -0.1) is 0 Å². The predicted octanol–water partition coefficient (Wildman–Crippen LogP) is 3.90. The summed E-state index contributed by atoms with van der Waals surface area (Å²) in [4.78, 5) is 23.8. The number of aromatic hydroxyl groups is 1. The molecule has 0 bridgehead atoms. The molecule has 0 aliphatic rings. The molecule has 1 N–H and O–H groups in total. The number of aromatic nitrogens is 2. The maximum absolute atomic E-state index is 12.0. The summed E-state index contributed by atoms with van der Waals surface area (Å²) in [5.41, 5.74) is 2.24. The van der Waals surface area contributed by atoms with Crippen LogP contribution in [0.1, 0.15) is 36.8 Å². The molecule has 3 rings (SSSR count). The second-order valence-corrected chi connectivity index (χ2v) is 6.88. The number of ketones is 1. The van der Waals surface area contributed by atoms with Crippen molar-refractivity contribution in [1.82, 2.24) is 9.78 Å². The average molecular weight is 378 g/mol. The zero-order chi connectivity index (χ0) is 20.4. The number of hydrogen-bond acceptors (Lipinski definition) is 5. The van der Waals surface area contributed by atoms with Crippen molar-refractivity contribution in [1.29, 1.82) is 0 Å². The fourth-order valence-corrected chi connectivity index (χ4v) is 2.94. The van der Waals surface area contributed by atoms with E-state index in [4.69, 9.17) is 4.74 Å². The first kappa shape index (κ1) is 19.4. The molecule has 0 amide bonds. The first-order valence-electron chi connectivity index (χ1n) is 8.99.